The van der Waals surface area contributed by atoms with Crippen LogP contribution in [0.2, 0.25) is 0 Å². The molecule has 0 atom stereocenters. The molecular weight excluding hydrogens is 273 g/mol. The highest BCUT2D eigenvalue weighted by Crippen LogP contribution is 2.25. The largest absolute Gasteiger partial charge is 0.491 e. The van der Waals surface area contributed by atoms with Gasteiger partial charge in [0.25, 0.3) is 5.91 Å². The average molecular weight is 295 g/mol. The molecule has 0 aliphatic heterocycles. The molecule has 0 unspecified atom stereocenters. The lowest BCUT2D eigenvalue weighted by Crippen LogP contribution is -2.53. The van der Waals surface area contributed by atoms with E-state index < -0.39 is 18.3 Å². The van der Waals surface area contributed by atoms with Crippen molar-refractivity contribution in [2.24, 2.45) is 0 Å². The molecule has 0 radical (unpaired) electrons. The number of hydrogen-bond donors (Lipinski definition) is 3. The first kappa shape index (κ1) is 17.6. The Morgan fingerprint density at radius 2 is 1.71 bits per heavy atom. The molecule has 0 aromatic heterocycles. The number of hydroxylamine groups is 1. The zero-order chi connectivity index (χ0) is 16.3. The molecule has 6 nitrogen and oxygen atoms in total. The minimum atomic E-state index is -1.20. The molecule has 0 bridgehead atoms. The van der Waals surface area contributed by atoms with Crippen molar-refractivity contribution in [1.29, 1.82) is 0 Å². The van der Waals surface area contributed by atoms with Crippen LogP contribution in [0, 0.1) is 0 Å². The first-order chi connectivity index (χ1) is 9.58. The lowest BCUT2D eigenvalue weighted by molar-refractivity contribution is -0.0982. The summed E-state index contributed by atoms with van der Waals surface area (Å²) in [4.78, 5) is 16.1. The molecule has 0 spiro atoms. The normalized spacial score (nSPS) is 12.1. The fourth-order valence-electron chi connectivity index (χ4n) is 1.44. The van der Waals surface area contributed by atoms with Gasteiger partial charge in [-0.15, -0.1) is 0 Å². The summed E-state index contributed by atoms with van der Waals surface area (Å²) in [5, 5.41) is 20.1. The third kappa shape index (κ3) is 4.54. The Balaban J connectivity index is 2.80. The van der Waals surface area contributed by atoms with Gasteiger partial charge in [-0.1, -0.05) is 12.1 Å². The third-order valence-corrected chi connectivity index (χ3v) is 3.53. The fourth-order valence-corrected chi connectivity index (χ4v) is 1.44. The van der Waals surface area contributed by atoms with Crippen molar-refractivity contribution in [2.45, 2.75) is 38.9 Å². The third-order valence-electron chi connectivity index (χ3n) is 3.53. The summed E-state index contributed by atoms with van der Waals surface area (Å²) in [7, 11) is 0.147. The summed E-state index contributed by atoms with van der Waals surface area (Å²) in [6.45, 7) is 6.60. The van der Waals surface area contributed by atoms with Crippen molar-refractivity contribution in [3.05, 3.63) is 29.8 Å². The minimum Gasteiger partial charge on any atom is -0.423 e. The van der Waals surface area contributed by atoms with E-state index in [1.165, 1.54) is 7.11 Å². The van der Waals surface area contributed by atoms with E-state index in [1.807, 2.05) is 0 Å². The topological polar surface area (TPSA) is 88.0 Å². The molecule has 116 valence electrons. The van der Waals surface area contributed by atoms with E-state index >= 15 is 0 Å². The van der Waals surface area contributed by atoms with E-state index in [-0.39, 0.29) is 5.91 Å². The lowest BCUT2D eigenvalue weighted by atomic mass is 9.76. The molecule has 1 aromatic rings. The molecule has 1 rings (SSSR count). The maximum atomic E-state index is 11.5. The van der Waals surface area contributed by atoms with Gasteiger partial charge in [-0.25, -0.2) is 5.48 Å². The Labute approximate surface area is 125 Å². The maximum Gasteiger partial charge on any atom is 0.491 e. The molecule has 3 N–H and O–H groups in total. The minimum absolute atomic E-state index is 0.378. The summed E-state index contributed by atoms with van der Waals surface area (Å²) < 4.78 is 5.52. The van der Waals surface area contributed by atoms with Crippen LogP contribution in [0.25, 0.3) is 0 Å². The number of rotatable bonds is 6. The van der Waals surface area contributed by atoms with Gasteiger partial charge in [0.15, 0.2) is 0 Å². The van der Waals surface area contributed by atoms with Crippen LogP contribution in [0.4, 0.5) is 0 Å². The van der Waals surface area contributed by atoms with E-state index in [0.717, 1.165) is 0 Å². The van der Waals surface area contributed by atoms with Crippen LogP contribution in [0.1, 0.15) is 38.1 Å². The standard InChI is InChI=1S/C14H22BNO5/c1-13(2,18)14(3,4)21-15(19)11-8-6-10(7-9-11)12(17)16-20-5/h6-9,18-19H,1-5H3,(H,16,17). The monoisotopic (exact) mass is 295 g/mol. The highest BCUT2D eigenvalue weighted by molar-refractivity contribution is 6.60. The second-order valence-corrected chi connectivity index (χ2v) is 5.80. The fraction of sp³-hybridized carbons (Fsp3) is 0.500. The van der Waals surface area contributed by atoms with Crippen molar-refractivity contribution >= 4 is 18.5 Å². The molecule has 7 heteroatoms. The van der Waals surface area contributed by atoms with Gasteiger partial charge >= 0.3 is 7.12 Å². The van der Waals surface area contributed by atoms with E-state index in [2.05, 4.69) is 10.3 Å². The number of carbonyl (C=O) groups excluding carboxylic acids is 1. The zero-order valence-corrected chi connectivity index (χ0v) is 13.0. The summed E-state index contributed by atoms with van der Waals surface area (Å²) in [5.74, 6) is -0.378. The Bertz CT molecular complexity index is 481. The van der Waals surface area contributed by atoms with Crippen molar-refractivity contribution in [1.82, 2.24) is 5.48 Å². The van der Waals surface area contributed by atoms with Crippen LogP contribution in [0.15, 0.2) is 24.3 Å². The van der Waals surface area contributed by atoms with Crippen LogP contribution in [0.5, 0.6) is 0 Å². The Hall–Kier alpha value is -1.41. The smallest absolute Gasteiger partial charge is 0.423 e. The van der Waals surface area contributed by atoms with Crippen molar-refractivity contribution in [2.75, 3.05) is 7.11 Å². The predicted molar refractivity (Wildman–Crippen MR) is 80.0 cm³/mol. The van der Waals surface area contributed by atoms with Crippen molar-refractivity contribution in [3.63, 3.8) is 0 Å². The van der Waals surface area contributed by atoms with Gasteiger partial charge in [0.05, 0.1) is 18.3 Å². The van der Waals surface area contributed by atoms with Crippen LogP contribution in [-0.4, -0.2) is 41.5 Å². The van der Waals surface area contributed by atoms with Crippen LogP contribution in [-0.2, 0) is 9.49 Å². The van der Waals surface area contributed by atoms with E-state index in [4.69, 9.17) is 4.65 Å². The van der Waals surface area contributed by atoms with E-state index in [1.54, 1.807) is 52.0 Å². The zero-order valence-electron chi connectivity index (χ0n) is 13.0. The van der Waals surface area contributed by atoms with E-state index in [9.17, 15) is 14.9 Å². The number of hydrogen-bond acceptors (Lipinski definition) is 5. The number of amides is 1. The van der Waals surface area contributed by atoms with Gasteiger partial charge in [0.2, 0.25) is 0 Å². The molecule has 0 saturated heterocycles. The number of benzene rings is 1. The molecule has 0 aliphatic carbocycles. The Kier molecular flexibility index (Phi) is 5.52. The molecule has 0 saturated carbocycles. The molecule has 0 aliphatic rings. The summed E-state index contributed by atoms with van der Waals surface area (Å²) in [6, 6.07) is 6.26. The maximum absolute atomic E-state index is 11.5. The van der Waals surface area contributed by atoms with Gasteiger partial charge in [-0.2, -0.15) is 0 Å². The highest BCUT2D eigenvalue weighted by Gasteiger charge is 2.39. The predicted octanol–water partition coefficient (Wildman–Crippen LogP) is 0.231. The van der Waals surface area contributed by atoms with E-state index in [0.29, 0.717) is 11.0 Å². The first-order valence-electron chi connectivity index (χ1n) is 6.60. The van der Waals surface area contributed by atoms with Crippen molar-refractivity contribution < 1.29 is 24.4 Å². The SMILES string of the molecule is CONC(=O)c1ccc(B(O)OC(C)(C)C(C)(C)O)cc1. The number of carbonyl (C=O) groups is 1. The first-order valence-corrected chi connectivity index (χ1v) is 6.60. The molecule has 0 heterocycles. The summed E-state index contributed by atoms with van der Waals surface area (Å²) in [6.07, 6.45) is 0. The van der Waals surface area contributed by atoms with Gasteiger partial charge in [0, 0.05) is 5.56 Å². The van der Waals surface area contributed by atoms with Crippen LogP contribution < -0.4 is 10.9 Å². The second kappa shape index (κ2) is 6.57. The molecule has 21 heavy (non-hydrogen) atoms. The molecular formula is C14H22BNO5. The quantitative estimate of drug-likeness (QED) is 0.516. The second-order valence-electron chi connectivity index (χ2n) is 5.80. The van der Waals surface area contributed by atoms with Gasteiger partial charge in [0.1, 0.15) is 0 Å². The summed E-state index contributed by atoms with van der Waals surface area (Å²) >= 11 is 0. The van der Waals surface area contributed by atoms with Crippen molar-refractivity contribution in [3.8, 4) is 0 Å². The van der Waals surface area contributed by atoms with Gasteiger partial charge < -0.3 is 14.8 Å². The molecule has 0 fully saturated rings. The van der Waals surface area contributed by atoms with Crippen LogP contribution >= 0.6 is 0 Å². The van der Waals surface area contributed by atoms with Gasteiger partial charge in [-0.05, 0) is 45.3 Å². The number of nitrogens with one attached hydrogen (secondary N) is 1. The summed E-state index contributed by atoms with van der Waals surface area (Å²) in [5.41, 5.74) is 1.02. The molecule has 1 aromatic carbocycles. The lowest BCUT2D eigenvalue weighted by Gasteiger charge is -2.38. The Morgan fingerprint density at radius 3 is 2.14 bits per heavy atom. The highest BCUT2D eigenvalue weighted by atomic mass is 16.6. The van der Waals surface area contributed by atoms with Crippen LogP contribution in [0.3, 0.4) is 0 Å². The Morgan fingerprint density at radius 1 is 1.19 bits per heavy atom. The average Bonchev–Trinajstić information content (AvgIpc) is 2.37. The number of aliphatic hydroxyl groups is 1. The van der Waals surface area contributed by atoms with Gasteiger partial charge in [-0.3, -0.25) is 9.63 Å². The molecule has 1 amide bonds.